The van der Waals surface area contributed by atoms with Gasteiger partial charge in [0.25, 0.3) is 0 Å². The number of hydrogen-bond donors (Lipinski definition) is 1. The second-order valence-electron chi connectivity index (χ2n) is 4.18. The summed E-state index contributed by atoms with van der Waals surface area (Å²) in [6.45, 7) is 1.36. The summed E-state index contributed by atoms with van der Waals surface area (Å²) in [5.41, 5.74) is -0.564. The van der Waals surface area contributed by atoms with Crippen molar-refractivity contribution in [3.8, 4) is 5.75 Å². The normalized spacial score (nSPS) is 11.8. The van der Waals surface area contributed by atoms with Gasteiger partial charge in [-0.25, -0.2) is 4.98 Å². The number of aromatic nitrogens is 1. The van der Waals surface area contributed by atoms with E-state index in [1.165, 1.54) is 27.1 Å². The van der Waals surface area contributed by atoms with Crippen LogP contribution in [0.15, 0.2) is 12.1 Å². The molecule has 0 fully saturated rings. The Morgan fingerprint density at radius 1 is 1.30 bits per heavy atom. The van der Waals surface area contributed by atoms with Crippen molar-refractivity contribution < 1.29 is 17.9 Å². The first kappa shape index (κ1) is 14.7. The number of pyridine rings is 1. The van der Waals surface area contributed by atoms with Crippen LogP contribution >= 0.6 is 11.6 Å². The lowest BCUT2D eigenvalue weighted by atomic mass is 10.1. The molecule has 0 saturated carbocycles. The fraction of sp³-hybridized carbons (Fsp3) is 0.308. The van der Waals surface area contributed by atoms with Crippen molar-refractivity contribution >= 4 is 28.2 Å². The second kappa shape index (κ2) is 5.01. The van der Waals surface area contributed by atoms with E-state index >= 15 is 0 Å². The van der Waals surface area contributed by atoms with Crippen molar-refractivity contribution in [2.45, 2.75) is 13.1 Å². The molecule has 1 aromatic carbocycles. The summed E-state index contributed by atoms with van der Waals surface area (Å²) in [4.78, 5) is 3.71. The van der Waals surface area contributed by atoms with Crippen LogP contribution in [0.5, 0.6) is 5.75 Å². The second-order valence-corrected chi connectivity index (χ2v) is 4.59. The van der Waals surface area contributed by atoms with Crippen LogP contribution < -0.4 is 10.1 Å². The van der Waals surface area contributed by atoms with Gasteiger partial charge in [-0.05, 0) is 19.1 Å². The fourth-order valence-corrected chi connectivity index (χ4v) is 2.40. The summed E-state index contributed by atoms with van der Waals surface area (Å²) in [5, 5.41) is 3.49. The minimum Gasteiger partial charge on any atom is -0.494 e. The number of halogens is 4. The number of hydrogen-bond acceptors (Lipinski definition) is 3. The van der Waals surface area contributed by atoms with Gasteiger partial charge in [-0.1, -0.05) is 11.6 Å². The van der Waals surface area contributed by atoms with E-state index in [-0.39, 0.29) is 16.8 Å². The molecule has 0 radical (unpaired) electrons. The molecule has 0 aliphatic carbocycles. The number of benzene rings is 1. The zero-order valence-corrected chi connectivity index (χ0v) is 11.8. The van der Waals surface area contributed by atoms with Gasteiger partial charge in [0.05, 0.1) is 17.8 Å². The average Bonchev–Trinajstić information content (AvgIpc) is 2.37. The third-order valence-corrected chi connectivity index (χ3v) is 3.35. The first-order chi connectivity index (χ1) is 9.31. The van der Waals surface area contributed by atoms with E-state index < -0.39 is 11.9 Å². The van der Waals surface area contributed by atoms with Gasteiger partial charge in [-0.2, -0.15) is 13.2 Å². The van der Waals surface area contributed by atoms with E-state index in [2.05, 4.69) is 10.3 Å². The van der Waals surface area contributed by atoms with Crippen LogP contribution in [0.25, 0.3) is 10.9 Å². The quantitative estimate of drug-likeness (QED) is 0.900. The highest BCUT2D eigenvalue weighted by molar-refractivity contribution is 6.36. The molecule has 2 aromatic rings. The molecule has 1 heterocycles. The van der Waals surface area contributed by atoms with E-state index in [9.17, 15) is 13.2 Å². The van der Waals surface area contributed by atoms with Gasteiger partial charge in [0.1, 0.15) is 17.0 Å². The molecule has 0 unspecified atom stereocenters. The number of alkyl halides is 3. The molecule has 0 bridgehead atoms. The highest BCUT2D eigenvalue weighted by Crippen LogP contribution is 2.41. The summed E-state index contributed by atoms with van der Waals surface area (Å²) in [7, 11) is 2.91. The molecule has 2 rings (SSSR count). The molecule has 0 saturated heterocycles. The van der Waals surface area contributed by atoms with Crippen LogP contribution in [0.3, 0.4) is 0 Å². The number of rotatable bonds is 2. The van der Waals surface area contributed by atoms with Gasteiger partial charge in [0.2, 0.25) is 0 Å². The van der Waals surface area contributed by atoms with Crippen LogP contribution in [-0.2, 0) is 6.18 Å². The molecule has 0 amide bonds. The van der Waals surface area contributed by atoms with Gasteiger partial charge in [-0.15, -0.1) is 0 Å². The number of methoxy groups -OCH3 is 1. The number of nitrogens with one attached hydrogen (secondary N) is 1. The zero-order chi connectivity index (χ0) is 15.1. The Morgan fingerprint density at radius 3 is 2.45 bits per heavy atom. The topological polar surface area (TPSA) is 34.2 Å². The Balaban J connectivity index is 2.99. The van der Waals surface area contributed by atoms with Gasteiger partial charge in [0.15, 0.2) is 0 Å². The molecular formula is C13H12ClF3N2O. The first-order valence-electron chi connectivity index (χ1n) is 5.73. The van der Waals surface area contributed by atoms with Gasteiger partial charge in [-0.3, -0.25) is 0 Å². The summed E-state index contributed by atoms with van der Waals surface area (Å²) < 4.78 is 44.3. The van der Waals surface area contributed by atoms with Crippen molar-refractivity contribution in [2.75, 3.05) is 19.5 Å². The van der Waals surface area contributed by atoms with Crippen LogP contribution in [0.2, 0.25) is 5.02 Å². The maximum Gasteiger partial charge on any atom is 0.433 e. The minimum absolute atomic E-state index is 0.00246. The highest BCUT2D eigenvalue weighted by atomic mass is 35.5. The van der Waals surface area contributed by atoms with Crippen molar-refractivity contribution in [1.82, 2.24) is 4.98 Å². The van der Waals surface area contributed by atoms with Crippen LogP contribution in [0, 0.1) is 6.92 Å². The van der Waals surface area contributed by atoms with Crippen LogP contribution in [0.1, 0.15) is 11.3 Å². The molecule has 3 nitrogen and oxygen atoms in total. The smallest absolute Gasteiger partial charge is 0.433 e. The third kappa shape index (κ3) is 2.24. The molecule has 0 spiro atoms. The Kier molecular flexibility index (Phi) is 3.69. The standard InChI is InChI=1S/C13H12ClF3N2O/c1-6-10(18-2)9-7(14)4-5-8(20-3)11(9)19-12(6)13(15,16)17/h4-5H,1-3H3,(H,18,19). The van der Waals surface area contributed by atoms with Crippen molar-refractivity contribution in [3.05, 3.63) is 28.4 Å². The maximum absolute atomic E-state index is 13.1. The van der Waals surface area contributed by atoms with E-state index in [1.54, 1.807) is 6.07 Å². The molecule has 20 heavy (non-hydrogen) atoms. The van der Waals surface area contributed by atoms with Gasteiger partial charge >= 0.3 is 6.18 Å². The number of fused-ring (bicyclic) bond motifs is 1. The van der Waals surface area contributed by atoms with Crippen molar-refractivity contribution in [3.63, 3.8) is 0 Å². The molecule has 0 aliphatic rings. The van der Waals surface area contributed by atoms with E-state index in [1.807, 2.05) is 0 Å². The zero-order valence-electron chi connectivity index (χ0n) is 11.0. The van der Waals surface area contributed by atoms with E-state index in [0.29, 0.717) is 16.1 Å². The molecule has 7 heteroatoms. The maximum atomic E-state index is 13.1. The largest absolute Gasteiger partial charge is 0.494 e. The molecule has 1 aromatic heterocycles. The summed E-state index contributed by atoms with van der Waals surface area (Å²) in [6.07, 6.45) is -4.54. The Hall–Kier alpha value is -1.69. The molecule has 0 atom stereocenters. The number of anilines is 1. The third-order valence-electron chi connectivity index (χ3n) is 3.03. The Bertz CT molecular complexity index is 671. The lowest BCUT2D eigenvalue weighted by Crippen LogP contribution is -2.13. The molecule has 108 valence electrons. The Labute approximate surface area is 118 Å². The highest BCUT2D eigenvalue weighted by Gasteiger charge is 2.36. The van der Waals surface area contributed by atoms with Crippen LogP contribution in [0.4, 0.5) is 18.9 Å². The summed E-state index contributed by atoms with van der Waals surface area (Å²) in [6, 6.07) is 3.06. The average molecular weight is 305 g/mol. The molecule has 1 N–H and O–H groups in total. The molecular weight excluding hydrogens is 293 g/mol. The predicted octanol–water partition coefficient (Wildman–Crippen LogP) is 4.27. The number of nitrogens with zero attached hydrogens (tertiary/aromatic N) is 1. The van der Waals surface area contributed by atoms with Gasteiger partial charge in [0, 0.05) is 18.0 Å². The summed E-state index contributed by atoms with van der Waals surface area (Å²) >= 11 is 6.09. The predicted molar refractivity (Wildman–Crippen MR) is 72.6 cm³/mol. The first-order valence-corrected chi connectivity index (χ1v) is 6.10. The number of ether oxygens (including phenoxy) is 1. The Morgan fingerprint density at radius 2 is 1.95 bits per heavy atom. The van der Waals surface area contributed by atoms with Crippen molar-refractivity contribution in [2.24, 2.45) is 0 Å². The molecule has 0 aliphatic heterocycles. The fourth-order valence-electron chi connectivity index (χ4n) is 2.15. The summed E-state index contributed by atoms with van der Waals surface area (Å²) in [5.74, 6) is 0.242. The lowest BCUT2D eigenvalue weighted by Gasteiger charge is -2.17. The van der Waals surface area contributed by atoms with Gasteiger partial charge < -0.3 is 10.1 Å². The van der Waals surface area contributed by atoms with Crippen LogP contribution in [-0.4, -0.2) is 19.1 Å². The van der Waals surface area contributed by atoms with E-state index in [0.717, 1.165) is 0 Å². The minimum atomic E-state index is -4.54. The lowest BCUT2D eigenvalue weighted by molar-refractivity contribution is -0.141. The SMILES string of the molecule is CNc1c(C)c(C(F)(F)F)nc2c(OC)ccc(Cl)c12. The van der Waals surface area contributed by atoms with Crippen molar-refractivity contribution in [1.29, 1.82) is 0 Å². The monoisotopic (exact) mass is 304 g/mol. The van der Waals surface area contributed by atoms with E-state index in [4.69, 9.17) is 16.3 Å².